The van der Waals surface area contributed by atoms with Crippen LogP contribution in [0.2, 0.25) is 0 Å². The van der Waals surface area contributed by atoms with Crippen molar-refractivity contribution in [2.24, 2.45) is 0 Å². The van der Waals surface area contributed by atoms with Crippen molar-refractivity contribution in [3.63, 3.8) is 0 Å². The summed E-state index contributed by atoms with van der Waals surface area (Å²) in [7, 11) is 1.95. The molecule has 40 heavy (non-hydrogen) atoms. The highest BCUT2D eigenvalue weighted by Crippen LogP contribution is 2.34. The van der Waals surface area contributed by atoms with E-state index in [9.17, 15) is 0 Å². The fraction of sp³-hybridized carbons (Fsp3) is 0.0588. The number of benzene rings is 4. The largest absolute Gasteiger partial charge is 0.495 e. The van der Waals surface area contributed by atoms with Gasteiger partial charge in [-0.1, -0.05) is 51.6 Å². The third-order valence-electron chi connectivity index (χ3n) is 6.36. The molecule has 6 rings (SSSR count). The van der Waals surface area contributed by atoms with Gasteiger partial charge < -0.3 is 9.47 Å². The molecule has 0 N–H and O–H groups in total. The summed E-state index contributed by atoms with van der Waals surface area (Å²) in [5.74, 6) is 3.10. The third-order valence-corrected chi connectivity index (χ3v) is 7.06. The Morgan fingerprint density at radius 3 is 2.10 bits per heavy atom. The van der Waals surface area contributed by atoms with E-state index in [0.29, 0.717) is 0 Å². The zero-order chi connectivity index (χ0) is 27.3. The normalized spacial score (nSPS) is 12.2. The smallest absolute Gasteiger partial charge is 0.457 e. The molecule has 0 radical (unpaired) electrons. The predicted octanol–water partition coefficient (Wildman–Crippen LogP) is 8.67. The van der Waals surface area contributed by atoms with E-state index in [-0.39, 0.29) is 0 Å². The van der Waals surface area contributed by atoms with E-state index in [1.54, 1.807) is 11.8 Å². The van der Waals surface area contributed by atoms with Gasteiger partial charge in [-0.3, -0.25) is 4.98 Å². The SMILES string of the molecule is CSc1cc(Oc2cccc(-c3cc(-c4cccc(Oc5ccccc5)c4)ccn3)c2)cc([N+]2=C=[N+](C)C=C2)c1. The number of rotatable bonds is 8. The first kappa shape index (κ1) is 25.4. The molecule has 0 atom stereocenters. The van der Waals surface area contributed by atoms with Crippen LogP contribution in [0.25, 0.3) is 22.4 Å². The van der Waals surface area contributed by atoms with Gasteiger partial charge >= 0.3 is 6.01 Å². The van der Waals surface area contributed by atoms with Gasteiger partial charge in [0.15, 0.2) is 7.05 Å². The molecule has 1 aromatic heterocycles. The first-order valence-electron chi connectivity index (χ1n) is 12.9. The lowest BCUT2D eigenvalue weighted by Gasteiger charge is -2.10. The summed E-state index contributed by atoms with van der Waals surface area (Å²) in [6.07, 6.45) is 7.84. The molecule has 0 unspecified atom stereocenters. The molecule has 0 aliphatic carbocycles. The summed E-state index contributed by atoms with van der Waals surface area (Å²) in [5, 5.41) is 0. The number of hydrogen-bond acceptors (Lipinski definition) is 4. The zero-order valence-electron chi connectivity index (χ0n) is 22.2. The predicted molar refractivity (Wildman–Crippen MR) is 160 cm³/mol. The van der Waals surface area contributed by atoms with Crippen LogP contribution >= 0.6 is 11.8 Å². The van der Waals surface area contributed by atoms with Crippen molar-refractivity contribution in [1.82, 2.24) is 4.98 Å². The van der Waals surface area contributed by atoms with Crippen molar-refractivity contribution in [1.29, 1.82) is 0 Å². The van der Waals surface area contributed by atoms with Gasteiger partial charge in [-0.15, -0.1) is 11.8 Å². The standard InChI is InChI=1S/C34H27N3O2S/c1-36-16-17-37(24-36)28-21-32(23-33(22-28)40-2)39-31-13-7-9-27(19-31)34-20-26(14-15-35-34)25-8-6-12-30(18-25)38-29-10-4-3-5-11-29/h3-23H,1-2H3/q+2. The molecule has 2 heterocycles. The Morgan fingerprint density at radius 1 is 0.650 bits per heavy atom. The Hall–Kier alpha value is -4.90. The lowest BCUT2D eigenvalue weighted by Crippen LogP contribution is -1.95. The maximum atomic E-state index is 6.35. The number of nitrogens with zero attached hydrogens (tertiary/aromatic N) is 3. The highest BCUT2D eigenvalue weighted by atomic mass is 32.2. The van der Waals surface area contributed by atoms with Gasteiger partial charge in [0.25, 0.3) is 6.20 Å². The molecular formula is C34H27N3O2S+2. The minimum atomic E-state index is 0.745. The minimum Gasteiger partial charge on any atom is -0.457 e. The zero-order valence-corrected chi connectivity index (χ0v) is 23.0. The van der Waals surface area contributed by atoms with Crippen LogP contribution in [-0.4, -0.2) is 33.4 Å². The monoisotopic (exact) mass is 541 g/mol. The van der Waals surface area contributed by atoms with Gasteiger partial charge in [-0.05, 0) is 72.0 Å². The van der Waals surface area contributed by atoms with Crippen molar-refractivity contribution in [3.05, 3.63) is 128 Å². The van der Waals surface area contributed by atoms with Crippen LogP contribution < -0.4 is 9.47 Å². The van der Waals surface area contributed by atoms with Gasteiger partial charge in [0.1, 0.15) is 23.0 Å². The average molecular weight is 542 g/mol. The van der Waals surface area contributed by atoms with Gasteiger partial charge in [0.05, 0.1) is 11.8 Å². The lowest BCUT2D eigenvalue weighted by molar-refractivity contribution is -0.429. The lowest BCUT2D eigenvalue weighted by atomic mass is 10.0. The molecule has 4 aromatic carbocycles. The molecule has 0 spiro atoms. The summed E-state index contributed by atoms with van der Waals surface area (Å²) in [5.41, 5.74) is 4.95. The summed E-state index contributed by atoms with van der Waals surface area (Å²) in [4.78, 5) is 5.77. The van der Waals surface area contributed by atoms with E-state index >= 15 is 0 Å². The molecule has 0 bridgehead atoms. The number of thioether (sulfide) groups is 1. The van der Waals surface area contributed by atoms with Crippen molar-refractivity contribution in [2.45, 2.75) is 4.90 Å². The molecule has 0 saturated carbocycles. The Labute approximate surface area is 238 Å². The molecule has 1 aliphatic heterocycles. The number of aromatic nitrogens is 1. The van der Waals surface area contributed by atoms with Crippen LogP contribution in [0.4, 0.5) is 5.69 Å². The highest BCUT2D eigenvalue weighted by Gasteiger charge is 2.18. The van der Waals surface area contributed by atoms with Crippen molar-refractivity contribution in [2.75, 3.05) is 13.3 Å². The Bertz CT molecular complexity index is 1790. The van der Waals surface area contributed by atoms with Gasteiger partial charge in [0, 0.05) is 22.7 Å². The second-order valence-corrected chi connectivity index (χ2v) is 10.1. The van der Waals surface area contributed by atoms with E-state index in [1.807, 2.05) is 126 Å². The van der Waals surface area contributed by atoms with E-state index in [2.05, 4.69) is 35.4 Å². The topological polar surface area (TPSA) is 37.4 Å². The molecular weight excluding hydrogens is 514 g/mol. The van der Waals surface area contributed by atoms with E-state index in [1.165, 1.54) is 0 Å². The second-order valence-electron chi connectivity index (χ2n) is 9.25. The van der Waals surface area contributed by atoms with Crippen LogP contribution in [0.15, 0.2) is 133 Å². The Balaban J connectivity index is 1.26. The van der Waals surface area contributed by atoms with E-state index in [4.69, 9.17) is 9.47 Å². The number of ether oxygens (including phenoxy) is 2. The third kappa shape index (κ3) is 5.89. The second kappa shape index (κ2) is 11.5. The summed E-state index contributed by atoms with van der Waals surface area (Å²) < 4.78 is 16.2. The Kier molecular flexibility index (Phi) is 7.27. The fourth-order valence-electron chi connectivity index (χ4n) is 4.41. The number of hydrogen-bond donors (Lipinski definition) is 0. The van der Waals surface area contributed by atoms with Gasteiger partial charge in [0.2, 0.25) is 11.9 Å². The first-order valence-corrected chi connectivity index (χ1v) is 14.1. The van der Waals surface area contributed by atoms with E-state index < -0.39 is 0 Å². The van der Waals surface area contributed by atoms with Crippen LogP contribution in [-0.2, 0) is 0 Å². The molecule has 194 valence electrons. The number of pyridine rings is 1. The summed E-state index contributed by atoms with van der Waals surface area (Å²) in [6, 6.07) is 39.5. The summed E-state index contributed by atoms with van der Waals surface area (Å²) >= 11 is 1.68. The van der Waals surface area contributed by atoms with Crippen molar-refractivity contribution < 1.29 is 18.6 Å². The maximum Gasteiger partial charge on any atom is 0.495 e. The van der Waals surface area contributed by atoms with Crippen molar-refractivity contribution >= 4 is 23.5 Å². The molecule has 5 nitrogen and oxygen atoms in total. The van der Waals surface area contributed by atoms with Crippen LogP contribution in [0.5, 0.6) is 23.0 Å². The molecule has 0 saturated heterocycles. The van der Waals surface area contributed by atoms with Crippen LogP contribution in [0.3, 0.4) is 0 Å². The molecule has 6 heteroatoms. The first-order chi connectivity index (χ1) is 19.6. The maximum absolute atomic E-state index is 6.35. The fourth-order valence-corrected chi connectivity index (χ4v) is 4.88. The minimum absolute atomic E-state index is 0.745. The highest BCUT2D eigenvalue weighted by molar-refractivity contribution is 7.98. The van der Waals surface area contributed by atoms with Gasteiger partial charge in [-0.2, -0.15) is 0 Å². The molecule has 1 aliphatic rings. The quantitative estimate of drug-likeness (QED) is 0.145. The average Bonchev–Trinajstić information content (AvgIpc) is 3.44. The van der Waals surface area contributed by atoms with Crippen LogP contribution in [0, 0.1) is 0 Å². The summed E-state index contributed by atoms with van der Waals surface area (Å²) in [6.45, 7) is 0. The molecule has 5 aromatic rings. The van der Waals surface area contributed by atoms with Gasteiger partial charge in [-0.25, -0.2) is 0 Å². The van der Waals surface area contributed by atoms with E-state index in [0.717, 1.165) is 56.0 Å². The number of para-hydroxylation sites is 1. The van der Waals surface area contributed by atoms with Crippen LogP contribution in [0.1, 0.15) is 0 Å². The Morgan fingerprint density at radius 2 is 1.35 bits per heavy atom. The van der Waals surface area contributed by atoms with Crippen molar-refractivity contribution in [3.8, 4) is 45.4 Å². The molecule has 0 amide bonds. The molecule has 0 fully saturated rings.